The van der Waals surface area contributed by atoms with Gasteiger partial charge in [-0.2, -0.15) is 0 Å². The summed E-state index contributed by atoms with van der Waals surface area (Å²) < 4.78 is 11.9. The fraction of sp³-hybridized carbons (Fsp3) is 0.385. The zero-order valence-corrected chi connectivity index (χ0v) is 13.0. The molecule has 0 atom stereocenters. The van der Waals surface area contributed by atoms with Gasteiger partial charge in [0.15, 0.2) is 12.7 Å². The fourth-order valence-corrected chi connectivity index (χ4v) is 1.57. The maximum Gasteiger partial charge on any atom is 0.312 e. The molecule has 0 bridgehead atoms. The largest absolute Gasteiger partial charge is 1.00 e. The Labute approximate surface area is 127 Å². The Morgan fingerprint density at radius 1 is 1.45 bits per heavy atom. The zero-order valence-electron chi connectivity index (χ0n) is 11.4. The summed E-state index contributed by atoms with van der Waals surface area (Å²) in [6, 6.07) is 1.85. The molecule has 0 saturated carbocycles. The van der Waals surface area contributed by atoms with Gasteiger partial charge in [-0.3, -0.25) is 4.79 Å². The van der Waals surface area contributed by atoms with Crippen molar-refractivity contribution in [3.8, 4) is 11.5 Å². The number of ether oxygens (including phenoxy) is 1. The fourth-order valence-electron chi connectivity index (χ4n) is 1.57. The highest BCUT2D eigenvalue weighted by Crippen LogP contribution is 2.15. The zero-order chi connectivity index (χ0) is 13.7. The Bertz CT molecular complexity index is 554. The summed E-state index contributed by atoms with van der Waals surface area (Å²) >= 11 is 0. The number of aryl methyl sites for hydroxylation is 2. The van der Waals surface area contributed by atoms with E-state index in [1.54, 1.807) is 30.2 Å². The van der Waals surface area contributed by atoms with Gasteiger partial charge in [0.25, 0.3) is 0 Å². The van der Waals surface area contributed by atoms with Crippen molar-refractivity contribution in [3.05, 3.63) is 30.4 Å². The minimum absolute atomic E-state index is 0. The lowest BCUT2D eigenvalue weighted by Crippen LogP contribution is -3.00. The van der Waals surface area contributed by atoms with Gasteiger partial charge in [0.05, 0.1) is 18.4 Å². The van der Waals surface area contributed by atoms with Crippen LogP contribution in [0.25, 0.3) is 11.5 Å². The molecule has 0 aliphatic carbocycles. The highest BCUT2D eigenvalue weighted by atomic mass is 79.9. The molecule has 0 spiro atoms. The molecule has 7 heteroatoms. The van der Waals surface area contributed by atoms with Gasteiger partial charge in [0.1, 0.15) is 18.4 Å². The molecule has 2 heterocycles. The Morgan fingerprint density at radius 3 is 2.80 bits per heavy atom. The topological polar surface area (TPSA) is 69.1 Å². The van der Waals surface area contributed by atoms with E-state index in [0.29, 0.717) is 25.5 Å². The molecule has 0 saturated heterocycles. The van der Waals surface area contributed by atoms with Crippen LogP contribution in [-0.2, 0) is 16.1 Å². The SMILES string of the molecule is CCOC(=O)CC[n+]1ccc(-c2ncc(C)o2)cn1.[Br-]. The third-order valence-electron chi connectivity index (χ3n) is 2.49. The lowest BCUT2D eigenvalue weighted by molar-refractivity contribution is -0.752. The van der Waals surface area contributed by atoms with Crippen molar-refractivity contribution in [2.45, 2.75) is 26.8 Å². The van der Waals surface area contributed by atoms with Crippen molar-refractivity contribution >= 4 is 5.97 Å². The summed E-state index contributed by atoms with van der Waals surface area (Å²) in [6.45, 7) is 4.52. The predicted molar refractivity (Wildman–Crippen MR) is 65.9 cm³/mol. The molecule has 0 radical (unpaired) electrons. The molecule has 2 rings (SSSR count). The quantitative estimate of drug-likeness (QED) is 0.478. The minimum atomic E-state index is -0.218. The van der Waals surface area contributed by atoms with Gasteiger partial charge in [-0.1, -0.05) is 4.68 Å². The molecule has 0 amide bonds. The van der Waals surface area contributed by atoms with E-state index in [9.17, 15) is 4.79 Å². The number of carbonyl (C=O) groups is 1. The minimum Gasteiger partial charge on any atom is -1.00 e. The molecule has 6 nitrogen and oxygen atoms in total. The summed E-state index contributed by atoms with van der Waals surface area (Å²) in [5.41, 5.74) is 0.806. The van der Waals surface area contributed by atoms with Gasteiger partial charge in [-0.15, -0.1) is 0 Å². The lowest BCUT2D eigenvalue weighted by Gasteiger charge is -1.98. The highest BCUT2D eigenvalue weighted by Gasteiger charge is 2.11. The number of esters is 1. The number of hydrogen-bond acceptors (Lipinski definition) is 5. The maximum atomic E-state index is 11.2. The molecule has 0 unspecified atom stereocenters. The first-order chi connectivity index (χ1) is 9.19. The van der Waals surface area contributed by atoms with E-state index in [0.717, 1.165) is 11.3 Å². The van der Waals surface area contributed by atoms with Crippen LogP contribution in [0.3, 0.4) is 0 Å². The van der Waals surface area contributed by atoms with Gasteiger partial charge in [0, 0.05) is 6.07 Å². The van der Waals surface area contributed by atoms with Crippen molar-refractivity contribution in [2.75, 3.05) is 6.61 Å². The average Bonchev–Trinajstić information content (AvgIpc) is 2.84. The number of carbonyl (C=O) groups excluding carboxylic acids is 1. The number of rotatable bonds is 5. The van der Waals surface area contributed by atoms with Crippen molar-refractivity contribution < 1.29 is 35.6 Å². The number of nitrogens with zero attached hydrogens (tertiary/aromatic N) is 3. The maximum absolute atomic E-state index is 11.2. The highest BCUT2D eigenvalue weighted by molar-refractivity contribution is 5.68. The number of halogens is 1. The van der Waals surface area contributed by atoms with E-state index in [1.807, 2.05) is 13.0 Å². The van der Waals surface area contributed by atoms with E-state index in [4.69, 9.17) is 9.15 Å². The first kappa shape index (κ1) is 16.3. The molecule has 0 fully saturated rings. The predicted octanol–water partition coefficient (Wildman–Crippen LogP) is -1.71. The van der Waals surface area contributed by atoms with Crippen molar-refractivity contribution in [3.63, 3.8) is 0 Å². The summed E-state index contributed by atoms with van der Waals surface area (Å²) in [6.07, 6.45) is 5.42. The van der Waals surface area contributed by atoms with Crippen LogP contribution in [-0.4, -0.2) is 22.7 Å². The smallest absolute Gasteiger partial charge is 0.312 e. The Kier molecular flexibility index (Phi) is 6.30. The number of oxazole rings is 1. The van der Waals surface area contributed by atoms with Crippen LogP contribution in [0.1, 0.15) is 19.1 Å². The molecule has 2 aromatic rings. The van der Waals surface area contributed by atoms with Crippen molar-refractivity contribution in [1.29, 1.82) is 0 Å². The van der Waals surface area contributed by atoms with E-state index in [2.05, 4.69) is 10.1 Å². The molecule has 0 N–H and O–H groups in total. The second-order valence-electron chi connectivity index (χ2n) is 4.01. The Balaban J connectivity index is 0.00000200. The van der Waals surface area contributed by atoms with Gasteiger partial charge < -0.3 is 26.1 Å². The molecule has 0 aromatic carbocycles. The third-order valence-corrected chi connectivity index (χ3v) is 2.49. The molecule has 0 aliphatic heterocycles. The summed E-state index contributed by atoms with van der Waals surface area (Å²) in [5.74, 6) is 1.08. The van der Waals surface area contributed by atoms with Crippen LogP contribution in [0.5, 0.6) is 0 Å². The first-order valence-corrected chi connectivity index (χ1v) is 6.13. The molecular formula is C13H16BrN3O3. The molecular weight excluding hydrogens is 326 g/mol. The van der Waals surface area contributed by atoms with Crippen molar-refractivity contribution in [1.82, 2.24) is 10.1 Å². The van der Waals surface area contributed by atoms with E-state index in [-0.39, 0.29) is 23.0 Å². The number of aromatic nitrogens is 3. The van der Waals surface area contributed by atoms with Gasteiger partial charge >= 0.3 is 5.97 Å². The summed E-state index contributed by atoms with van der Waals surface area (Å²) in [4.78, 5) is 15.3. The standard InChI is InChI=1S/C13H16N3O3.BrH/c1-3-18-12(17)5-7-16-6-4-11(9-15-16)13-14-8-10(2)19-13;/h4,6,8-9H,3,5,7H2,1-2H3;1H/q+1;/p-1. The van der Waals surface area contributed by atoms with E-state index < -0.39 is 0 Å². The summed E-state index contributed by atoms with van der Waals surface area (Å²) in [5, 5.41) is 4.21. The van der Waals surface area contributed by atoms with Crippen LogP contribution < -0.4 is 21.7 Å². The molecule has 2 aromatic heterocycles. The normalized spacial score (nSPS) is 9.90. The van der Waals surface area contributed by atoms with Crippen LogP contribution in [0.4, 0.5) is 0 Å². The van der Waals surface area contributed by atoms with E-state index in [1.165, 1.54) is 0 Å². The van der Waals surface area contributed by atoms with Crippen LogP contribution in [0.2, 0.25) is 0 Å². The lowest BCUT2D eigenvalue weighted by atomic mass is 10.3. The second-order valence-corrected chi connectivity index (χ2v) is 4.01. The number of hydrogen-bond donors (Lipinski definition) is 0. The molecule has 20 heavy (non-hydrogen) atoms. The monoisotopic (exact) mass is 341 g/mol. The van der Waals surface area contributed by atoms with Crippen LogP contribution in [0, 0.1) is 6.92 Å². The third kappa shape index (κ3) is 4.41. The molecule has 0 aliphatic rings. The Morgan fingerprint density at radius 2 is 2.25 bits per heavy atom. The second kappa shape index (κ2) is 7.74. The summed E-state index contributed by atoms with van der Waals surface area (Å²) in [7, 11) is 0. The van der Waals surface area contributed by atoms with Gasteiger partial charge in [0.2, 0.25) is 5.89 Å². The van der Waals surface area contributed by atoms with Gasteiger partial charge in [-0.05, 0) is 18.9 Å². The first-order valence-electron chi connectivity index (χ1n) is 6.13. The Hall–Kier alpha value is -1.76. The van der Waals surface area contributed by atoms with Crippen LogP contribution in [0.15, 0.2) is 29.1 Å². The van der Waals surface area contributed by atoms with E-state index >= 15 is 0 Å². The average molecular weight is 342 g/mol. The van der Waals surface area contributed by atoms with Gasteiger partial charge in [-0.25, -0.2) is 4.98 Å². The van der Waals surface area contributed by atoms with Crippen molar-refractivity contribution in [2.24, 2.45) is 0 Å². The van der Waals surface area contributed by atoms with Crippen LogP contribution >= 0.6 is 0 Å². The molecule has 108 valence electrons.